The third-order valence-electron chi connectivity index (χ3n) is 5.47. The highest BCUT2D eigenvalue weighted by Crippen LogP contribution is 2.34. The predicted molar refractivity (Wildman–Crippen MR) is 80.8 cm³/mol. The van der Waals surface area contributed by atoms with Crippen molar-refractivity contribution in [1.82, 2.24) is 16.0 Å². The van der Waals surface area contributed by atoms with Gasteiger partial charge in [-0.1, -0.05) is 32.1 Å². The quantitative estimate of drug-likeness (QED) is 0.728. The van der Waals surface area contributed by atoms with Gasteiger partial charge in [0.05, 0.1) is 0 Å². The number of nitrogens with one attached hydrogen (secondary N) is 3. The molecule has 1 heterocycles. The summed E-state index contributed by atoms with van der Waals surface area (Å²) in [5, 5.41) is 10.1. The number of hydrogen-bond donors (Lipinski definition) is 3. The molecule has 1 spiro atoms. The van der Waals surface area contributed by atoms with Gasteiger partial charge >= 0.3 is 6.03 Å². The number of urea groups is 1. The first-order valence-electron chi connectivity index (χ1n) is 8.58. The van der Waals surface area contributed by atoms with Crippen molar-refractivity contribution < 1.29 is 4.79 Å². The summed E-state index contributed by atoms with van der Waals surface area (Å²) in [7, 11) is 0. The zero-order valence-electron chi connectivity index (χ0n) is 12.5. The first-order valence-corrected chi connectivity index (χ1v) is 8.58. The van der Waals surface area contributed by atoms with Crippen LogP contribution in [0.5, 0.6) is 0 Å². The Hall–Kier alpha value is -0.770. The van der Waals surface area contributed by atoms with Crippen LogP contribution in [-0.4, -0.2) is 30.2 Å². The van der Waals surface area contributed by atoms with Crippen molar-refractivity contribution in [3.63, 3.8) is 0 Å². The van der Waals surface area contributed by atoms with E-state index in [9.17, 15) is 4.79 Å². The van der Waals surface area contributed by atoms with Crippen LogP contribution < -0.4 is 16.0 Å². The average molecular weight is 279 g/mol. The van der Waals surface area contributed by atoms with E-state index in [0.717, 1.165) is 32.2 Å². The molecule has 0 bridgehead atoms. The molecule has 4 nitrogen and oxygen atoms in total. The van der Waals surface area contributed by atoms with Crippen LogP contribution in [0.4, 0.5) is 4.79 Å². The van der Waals surface area contributed by atoms with E-state index in [1.807, 2.05) is 0 Å². The molecule has 0 aromatic heterocycles. The Balaban J connectivity index is 1.48. The van der Waals surface area contributed by atoms with Crippen molar-refractivity contribution in [3.05, 3.63) is 0 Å². The smallest absolute Gasteiger partial charge is 0.315 e. The summed E-state index contributed by atoms with van der Waals surface area (Å²) in [5.41, 5.74) is 0.321. The Morgan fingerprint density at radius 3 is 2.35 bits per heavy atom. The standard InChI is InChI=1S/C16H29N3O/c20-15(18-13-6-2-3-7-13)19-14-8-11-17-16(12-14)9-4-1-5-10-16/h13-14,17H,1-12H2,(H2,18,19,20). The zero-order valence-corrected chi connectivity index (χ0v) is 12.5. The lowest BCUT2D eigenvalue weighted by Gasteiger charge is -2.44. The molecule has 3 rings (SSSR count). The molecule has 20 heavy (non-hydrogen) atoms. The fourth-order valence-electron chi connectivity index (χ4n) is 4.37. The molecule has 0 radical (unpaired) electrons. The van der Waals surface area contributed by atoms with Gasteiger partial charge in [0.2, 0.25) is 0 Å². The Kier molecular flexibility index (Phi) is 4.49. The van der Waals surface area contributed by atoms with Crippen LogP contribution >= 0.6 is 0 Å². The minimum absolute atomic E-state index is 0.0646. The van der Waals surface area contributed by atoms with Gasteiger partial charge in [-0.15, -0.1) is 0 Å². The van der Waals surface area contributed by atoms with E-state index < -0.39 is 0 Å². The number of rotatable bonds is 2. The van der Waals surface area contributed by atoms with Gasteiger partial charge in [0, 0.05) is 17.6 Å². The molecule has 1 aliphatic heterocycles. The lowest BCUT2D eigenvalue weighted by atomic mass is 9.75. The Morgan fingerprint density at radius 2 is 1.60 bits per heavy atom. The van der Waals surface area contributed by atoms with Gasteiger partial charge in [-0.05, 0) is 45.1 Å². The molecule has 4 heteroatoms. The Bertz CT molecular complexity index is 327. The summed E-state index contributed by atoms with van der Waals surface area (Å²) in [4.78, 5) is 12.1. The molecule has 2 amide bonds. The highest BCUT2D eigenvalue weighted by atomic mass is 16.2. The third-order valence-corrected chi connectivity index (χ3v) is 5.47. The first-order chi connectivity index (χ1) is 9.76. The third kappa shape index (κ3) is 3.46. The molecule has 1 atom stereocenters. The molecular formula is C16H29N3O. The van der Waals surface area contributed by atoms with E-state index in [2.05, 4.69) is 16.0 Å². The number of hydrogen-bond acceptors (Lipinski definition) is 2. The average Bonchev–Trinajstić information content (AvgIpc) is 2.92. The van der Waals surface area contributed by atoms with Crippen molar-refractivity contribution >= 4 is 6.03 Å². The van der Waals surface area contributed by atoms with Crippen molar-refractivity contribution in [2.45, 2.75) is 88.3 Å². The second-order valence-electron chi connectivity index (χ2n) is 7.06. The summed E-state index contributed by atoms with van der Waals surface area (Å²) in [5.74, 6) is 0. The number of carbonyl (C=O) groups excluding carboxylic acids is 1. The molecule has 3 N–H and O–H groups in total. The second kappa shape index (κ2) is 6.33. The SMILES string of the molecule is O=C(NC1CCCC1)NC1CCNC2(CCCCC2)C1. The molecule has 1 saturated heterocycles. The molecule has 114 valence electrons. The minimum Gasteiger partial charge on any atom is -0.335 e. The maximum Gasteiger partial charge on any atom is 0.315 e. The summed E-state index contributed by atoms with van der Waals surface area (Å²) in [6.45, 7) is 1.05. The molecule has 0 aromatic rings. The van der Waals surface area contributed by atoms with Crippen molar-refractivity contribution in [2.75, 3.05) is 6.54 Å². The molecular weight excluding hydrogens is 250 g/mol. The first kappa shape index (κ1) is 14.2. The van der Waals surface area contributed by atoms with Crippen LogP contribution in [0.25, 0.3) is 0 Å². The Labute approximate surface area is 122 Å². The van der Waals surface area contributed by atoms with Crippen molar-refractivity contribution in [1.29, 1.82) is 0 Å². The minimum atomic E-state index is 0.0646. The van der Waals surface area contributed by atoms with Crippen LogP contribution in [-0.2, 0) is 0 Å². The topological polar surface area (TPSA) is 53.2 Å². The van der Waals surface area contributed by atoms with Crippen LogP contribution in [0.3, 0.4) is 0 Å². The van der Waals surface area contributed by atoms with E-state index >= 15 is 0 Å². The van der Waals surface area contributed by atoms with E-state index in [1.165, 1.54) is 44.9 Å². The van der Waals surface area contributed by atoms with Gasteiger partial charge in [-0.3, -0.25) is 0 Å². The molecule has 3 aliphatic rings. The van der Waals surface area contributed by atoms with Crippen LogP contribution in [0, 0.1) is 0 Å². The summed E-state index contributed by atoms with van der Waals surface area (Å²) < 4.78 is 0. The Morgan fingerprint density at radius 1 is 0.900 bits per heavy atom. The molecule has 0 aromatic carbocycles. The second-order valence-corrected chi connectivity index (χ2v) is 7.06. The lowest BCUT2D eigenvalue weighted by Crippen LogP contribution is -2.58. The molecule has 2 saturated carbocycles. The van der Waals surface area contributed by atoms with Crippen molar-refractivity contribution in [2.24, 2.45) is 0 Å². The van der Waals surface area contributed by atoms with Gasteiger partial charge in [-0.25, -0.2) is 4.79 Å². The van der Waals surface area contributed by atoms with Crippen molar-refractivity contribution in [3.8, 4) is 0 Å². The maximum atomic E-state index is 12.1. The van der Waals surface area contributed by atoms with Gasteiger partial charge < -0.3 is 16.0 Å². The number of carbonyl (C=O) groups is 1. The zero-order chi connectivity index (χ0) is 13.8. The normalized spacial score (nSPS) is 30.3. The van der Waals surface area contributed by atoms with Gasteiger partial charge in [0.15, 0.2) is 0 Å². The molecule has 1 unspecified atom stereocenters. The fraction of sp³-hybridized carbons (Fsp3) is 0.938. The monoisotopic (exact) mass is 279 g/mol. The van der Waals surface area contributed by atoms with E-state index in [-0.39, 0.29) is 6.03 Å². The summed E-state index contributed by atoms with van der Waals surface area (Å²) >= 11 is 0. The van der Waals surface area contributed by atoms with Crippen LogP contribution in [0.15, 0.2) is 0 Å². The van der Waals surface area contributed by atoms with Gasteiger partial charge in [0.1, 0.15) is 0 Å². The van der Waals surface area contributed by atoms with E-state index in [1.54, 1.807) is 0 Å². The van der Waals surface area contributed by atoms with E-state index in [4.69, 9.17) is 0 Å². The van der Waals surface area contributed by atoms with E-state index in [0.29, 0.717) is 17.6 Å². The summed E-state index contributed by atoms with van der Waals surface area (Å²) in [6, 6.07) is 0.839. The highest BCUT2D eigenvalue weighted by Gasteiger charge is 2.37. The largest absolute Gasteiger partial charge is 0.335 e. The van der Waals surface area contributed by atoms with Crippen LogP contribution in [0.1, 0.15) is 70.6 Å². The predicted octanol–water partition coefficient (Wildman–Crippen LogP) is 2.68. The maximum absolute atomic E-state index is 12.1. The fourth-order valence-corrected chi connectivity index (χ4v) is 4.37. The summed E-state index contributed by atoms with van der Waals surface area (Å²) in [6.07, 6.45) is 13.7. The van der Waals surface area contributed by atoms with Gasteiger partial charge in [0.25, 0.3) is 0 Å². The number of amides is 2. The lowest BCUT2D eigenvalue weighted by molar-refractivity contribution is 0.157. The molecule has 3 fully saturated rings. The molecule has 2 aliphatic carbocycles. The highest BCUT2D eigenvalue weighted by molar-refractivity contribution is 5.74. The van der Waals surface area contributed by atoms with Gasteiger partial charge in [-0.2, -0.15) is 0 Å². The van der Waals surface area contributed by atoms with Crippen LogP contribution in [0.2, 0.25) is 0 Å². The number of piperidine rings is 1.